The SMILES string of the molecule is C1CCC2CCCC2C1.O=[PH](O)O. The quantitative estimate of drug-likeness (QED) is 0.598. The third kappa shape index (κ3) is 4.26. The molecule has 2 unspecified atom stereocenters. The fraction of sp³-hybridized carbons (Fsp3) is 1.00. The van der Waals surface area contributed by atoms with Crippen LogP contribution >= 0.6 is 8.25 Å². The molecular formula is C9H19O3P. The second kappa shape index (κ2) is 5.79. The predicted molar refractivity (Wildman–Crippen MR) is 52.7 cm³/mol. The molecule has 0 aromatic carbocycles. The van der Waals surface area contributed by atoms with Crippen molar-refractivity contribution in [2.24, 2.45) is 11.8 Å². The molecule has 0 heterocycles. The van der Waals surface area contributed by atoms with E-state index in [-0.39, 0.29) is 0 Å². The minimum atomic E-state index is -3.13. The average molecular weight is 206 g/mol. The summed E-state index contributed by atoms with van der Waals surface area (Å²) in [5.41, 5.74) is 0. The van der Waals surface area contributed by atoms with E-state index < -0.39 is 8.25 Å². The molecular weight excluding hydrogens is 187 g/mol. The van der Waals surface area contributed by atoms with Crippen molar-refractivity contribution in [3.05, 3.63) is 0 Å². The zero-order valence-corrected chi connectivity index (χ0v) is 8.91. The molecule has 13 heavy (non-hydrogen) atoms. The number of rotatable bonds is 0. The Morgan fingerprint density at radius 1 is 0.846 bits per heavy atom. The smallest absolute Gasteiger partial charge is 0.314 e. The number of fused-ring (bicyclic) bond motifs is 1. The van der Waals surface area contributed by atoms with Crippen molar-refractivity contribution in [1.29, 1.82) is 0 Å². The molecule has 2 aliphatic rings. The van der Waals surface area contributed by atoms with Crippen LogP contribution in [0.3, 0.4) is 0 Å². The van der Waals surface area contributed by atoms with Gasteiger partial charge in [0.05, 0.1) is 0 Å². The lowest BCUT2D eigenvalue weighted by molar-refractivity contribution is 0.277. The van der Waals surface area contributed by atoms with Crippen molar-refractivity contribution in [2.75, 3.05) is 0 Å². The number of hydrogen-bond donors (Lipinski definition) is 2. The zero-order valence-electron chi connectivity index (χ0n) is 7.91. The van der Waals surface area contributed by atoms with Crippen molar-refractivity contribution in [2.45, 2.75) is 44.9 Å². The fourth-order valence-electron chi connectivity index (χ4n) is 2.69. The van der Waals surface area contributed by atoms with Crippen LogP contribution in [0.1, 0.15) is 44.9 Å². The van der Waals surface area contributed by atoms with Crippen molar-refractivity contribution in [3.63, 3.8) is 0 Å². The first-order chi connectivity index (χ1) is 6.20. The van der Waals surface area contributed by atoms with E-state index in [9.17, 15) is 0 Å². The molecule has 0 radical (unpaired) electrons. The van der Waals surface area contributed by atoms with Crippen LogP contribution < -0.4 is 0 Å². The summed E-state index contributed by atoms with van der Waals surface area (Å²) >= 11 is 0. The lowest BCUT2D eigenvalue weighted by atomic mass is 9.82. The van der Waals surface area contributed by atoms with Gasteiger partial charge in [-0.2, -0.15) is 0 Å². The minimum absolute atomic E-state index is 1.17. The van der Waals surface area contributed by atoms with Crippen LogP contribution in [0.15, 0.2) is 0 Å². The van der Waals surface area contributed by atoms with Gasteiger partial charge in [0.25, 0.3) is 0 Å². The third-order valence-corrected chi connectivity index (χ3v) is 3.22. The molecule has 4 heteroatoms. The normalized spacial score (nSPS) is 32.2. The standard InChI is InChI=1S/C9H16.H3O3P/c1-2-5-9-7-3-6-8(9)4-1;1-4(2)3/h8-9H,1-7H2;4H,(H2,1,2,3). The predicted octanol–water partition coefficient (Wildman–Crippen LogP) is 2.34. The van der Waals surface area contributed by atoms with Gasteiger partial charge < -0.3 is 9.79 Å². The maximum atomic E-state index is 8.74. The Morgan fingerprint density at radius 2 is 1.15 bits per heavy atom. The van der Waals surface area contributed by atoms with Gasteiger partial charge in [0.15, 0.2) is 0 Å². The highest BCUT2D eigenvalue weighted by Gasteiger charge is 2.28. The van der Waals surface area contributed by atoms with Crippen molar-refractivity contribution < 1.29 is 14.4 Å². The van der Waals surface area contributed by atoms with Crippen LogP contribution in [0, 0.1) is 11.8 Å². The molecule has 0 aliphatic heterocycles. The van der Waals surface area contributed by atoms with Gasteiger partial charge >= 0.3 is 8.25 Å². The lowest BCUT2D eigenvalue weighted by Crippen LogP contribution is -2.12. The highest BCUT2D eigenvalue weighted by molar-refractivity contribution is 7.30. The molecule has 2 N–H and O–H groups in total. The minimum Gasteiger partial charge on any atom is -0.326 e. The maximum absolute atomic E-state index is 8.74. The van der Waals surface area contributed by atoms with Crippen molar-refractivity contribution in [1.82, 2.24) is 0 Å². The summed E-state index contributed by atoms with van der Waals surface area (Å²) in [6.07, 6.45) is 10.8. The van der Waals surface area contributed by atoms with Crippen LogP contribution in [-0.2, 0) is 4.57 Å². The Balaban J connectivity index is 0.000000184. The topological polar surface area (TPSA) is 57.5 Å². The van der Waals surface area contributed by atoms with E-state index in [4.69, 9.17) is 14.4 Å². The molecule has 2 aliphatic carbocycles. The van der Waals surface area contributed by atoms with Crippen molar-refractivity contribution in [3.8, 4) is 0 Å². The first-order valence-corrected chi connectivity index (χ1v) is 6.42. The molecule has 2 atom stereocenters. The van der Waals surface area contributed by atoms with E-state index in [1.54, 1.807) is 25.7 Å². The van der Waals surface area contributed by atoms with Crippen molar-refractivity contribution >= 4 is 8.25 Å². The maximum Gasteiger partial charge on any atom is 0.314 e. The molecule has 2 rings (SSSR count). The Hall–Kier alpha value is 0.150. The van der Waals surface area contributed by atoms with E-state index in [1.165, 1.54) is 31.1 Å². The summed E-state index contributed by atoms with van der Waals surface area (Å²) in [6.45, 7) is 0. The van der Waals surface area contributed by atoms with Crippen LogP contribution in [0.25, 0.3) is 0 Å². The summed E-state index contributed by atoms with van der Waals surface area (Å²) in [5.74, 6) is 2.33. The molecule has 0 aromatic rings. The molecule has 2 saturated carbocycles. The Bertz CT molecular complexity index is 156. The van der Waals surface area contributed by atoms with Gasteiger partial charge in [-0.15, -0.1) is 0 Å². The van der Waals surface area contributed by atoms with E-state index in [0.717, 1.165) is 0 Å². The van der Waals surface area contributed by atoms with Crippen LogP contribution in [0.4, 0.5) is 0 Å². The Labute approximate surface area is 80.1 Å². The third-order valence-electron chi connectivity index (χ3n) is 3.22. The lowest BCUT2D eigenvalue weighted by Gasteiger charge is -2.24. The Kier molecular flexibility index (Phi) is 5.00. The summed E-state index contributed by atoms with van der Waals surface area (Å²) in [7, 11) is -3.13. The van der Waals surface area contributed by atoms with Gasteiger partial charge in [-0.1, -0.05) is 44.9 Å². The summed E-state index contributed by atoms with van der Waals surface area (Å²) in [4.78, 5) is 14.3. The monoisotopic (exact) mass is 206 g/mol. The van der Waals surface area contributed by atoms with E-state index >= 15 is 0 Å². The molecule has 78 valence electrons. The van der Waals surface area contributed by atoms with Gasteiger partial charge in [-0.05, 0) is 11.8 Å². The molecule has 0 saturated heterocycles. The summed E-state index contributed by atoms with van der Waals surface area (Å²) in [5, 5.41) is 0. The van der Waals surface area contributed by atoms with Gasteiger partial charge in [0.2, 0.25) is 0 Å². The van der Waals surface area contributed by atoms with E-state index in [2.05, 4.69) is 0 Å². The number of hydrogen-bond acceptors (Lipinski definition) is 1. The van der Waals surface area contributed by atoms with Crippen LogP contribution in [0.2, 0.25) is 0 Å². The summed E-state index contributed by atoms with van der Waals surface area (Å²) in [6, 6.07) is 0. The van der Waals surface area contributed by atoms with E-state index in [0.29, 0.717) is 0 Å². The largest absolute Gasteiger partial charge is 0.326 e. The molecule has 2 fully saturated rings. The molecule has 0 spiro atoms. The average Bonchev–Trinajstić information content (AvgIpc) is 2.49. The molecule has 0 aromatic heterocycles. The molecule has 0 amide bonds. The summed E-state index contributed by atoms with van der Waals surface area (Å²) < 4.78 is 8.74. The van der Waals surface area contributed by atoms with Gasteiger partial charge in [0, 0.05) is 0 Å². The highest BCUT2D eigenvalue weighted by atomic mass is 31.1. The first kappa shape index (κ1) is 11.2. The highest BCUT2D eigenvalue weighted by Crippen LogP contribution is 2.41. The van der Waals surface area contributed by atoms with Crippen LogP contribution in [-0.4, -0.2) is 9.79 Å². The van der Waals surface area contributed by atoms with Gasteiger partial charge in [-0.3, -0.25) is 4.57 Å². The Morgan fingerprint density at radius 3 is 1.54 bits per heavy atom. The second-order valence-electron chi connectivity index (χ2n) is 4.02. The van der Waals surface area contributed by atoms with Gasteiger partial charge in [0.1, 0.15) is 0 Å². The van der Waals surface area contributed by atoms with E-state index in [1.807, 2.05) is 0 Å². The molecule has 3 nitrogen and oxygen atoms in total. The fourth-order valence-corrected chi connectivity index (χ4v) is 2.69. The first-order valence-electron chi connectivity index (χ1n) is 5.12. The second-order valence-corrected chi connectivity index (χ2v) is 4.58. The van der Waals surface area contributed by atoms with Gasteiger partial charge in [-0.25, -0.2) is 0 Å². The zero-order chi connectivity index (χ0) is 9.68. The van der Waals surface area contributed by atoms with Crippen LogP contribution in [0.5, 0.6) is 0 Å². The molecule has 0 bridgehead atoms.